The fourth-order valence-corrected chi connectivity index (χ4v) is 2.91. The number of imidazole rings is 1. The zero-order valence-corrected chi connectivity index (χ0v) is 14.9. The lowest BCUT2D eigenvalue weighted by molar-refractivity contribution is 0.102. The molecule has 27 heavy (non-hydrogen) atoms. The first-order valence-corrected chi connectivity index (χ1v) is 8.69. The number of hydrogen-bond acceptors (Lipinski definition) is 3. The molecule has 0 aliphatic rings. The van der Waals surface area contributed by atoms with Crippen LogP contribution in [-0.4, -0.2) is 15.5 Å². The lowest BCUT2D eigenvalue weighted by Crippen LogP contribution is -2.12. The van der Waals surface area contributed by atoms with Gasteiger partial charge in [0.25, 0.3) is 5.91 Å². The lowest BCUT2D eigenvalue weighted by Gasteiger charge is -2.10. The quantitative estimate of drug-likeness (QED) is 0.576. The summed E-state index contributed by atoms with van der Waals surface area (Å²) in [7, 11) is 1.92. The molecule has 0 bridgehead atoms. The largest absolute Gasteiger partial charge is 0.486 e. The maximum Gasteiger partial charge on any atom is 0.255 e. The van der Waals surface area contributed by atoms with Crippen molar-refractivity contribution in [2.75, 3.05) is 5.32 Å². The number of nitrogens with one attached hydrogen (secondary N) is 1. The summed E-state index contributed by atoms with van der Waals surface area (Å²) in [5.41, 5.74) is 1.38. The average molecular weight is 357 g/mol. The number of nitrogens with zero attached hydrogens (tertiary/aromatic N) is 2. The van der Waals surface area contributed by atoms with Crippen LogP contribution in [0.3, 0.4) is 0 Å². The Labute approximate surface area is 157 Å². The predicted molar refractivity (Wildman–Crippen MR) is 106 cm³/mol. The van der Waals surface area contributed by atoms with Gasteiger partial charge in [-0.3, -0.25) is 4.79 Å². The van der Waals surface area contributed by atoms with Gasteiger partial charge in [0.2, 0.25) is 0 Å². The third-order valence-corrected chi connectivity index (χ3v) is 4.44. The summed E-state index contributed by atoms with van der Waals surface area (Å²) in [6.07, 6.45) is 3.61. The second-order valence-corrected chi connectivity index (χ2v) is 6.25. The Morgan fingerprint density at radius 3 is 2.59 bits per heavy atom. The second-order valence-electron chi connectivity index (χ2n) is 6.25. The van der Waals surface area contributed by atoms with E-state index in [-0.39, 0.29) is 5.91 Å². The first kappa shape index (κ1) is 16.8. The summed E-state index contributed by atoms with van der Waals surface area (Å²) in [5, 5.41) is 5.10. The molecule has 4 rings (SSSR count). The van der Waals surface area contributed by atoms with Crippen molar-refractivity contribution < 1.29 is 9.53 Å². The Bertz CT molecular complexity index is 1080. The van der Waals surface area contributed by atoms with Crippen LogP contribution in [-0.2, 0) is 13.7 Å². The van der Waals surface area contributed by atoms with Gasteiger partial charge >= 0.3 is 0 Å². The van der Waals surface area contributed by atoms with Gasteiger partial charge in [-0.2, -0.15) is 0 Å². The van der Waals surface area contributed by atoms with Crippen molar-refractivity contribution in [2.45, 2.75) is 6.61 Å². The fourth-order valence-electron chi connectivity index (χ4n) is 2.91. The number of fused-ring (bicyclic) bond motifs is 1. The number of ether oxygens (including phenoxy) is 1. The monoisotopic (exact) mass is 357 g/mol. The van der Waals surface area contributed by atoms with E-state index in [1.165, 1.54) is 0 Å². The molecule has 1 N–H and O–H groups in total. The molecule has 1 heterocycles. The molecule has 0 spiro atoms. The minimum Gasteiger partial charge on any atom is -0.486 e. The summed E-state index contributed by atoms with van der Waals surface area (Å²) < 4.78 is 7.64. The van der Waals surface area contributed by atoms with Gasteiger partial charge in [-0.05, 0) is 35.7 Å². The van der Waals surface area contributed by atoms with Gasteiger partial charge in [-0.1, -0.05) is 36.4 Å². The van der Waals surface area contributed by atoms with E-state index >= 15 is 0 Å². The molecule has 3 aromatic carbocycles. The van der Waals surface area contributed by atoms with Crippen molar-refractivity contribution >= 4 is 22.4 Å². The third-order valence-electron chi connectivity index (χ3n) is 4.44. The van der Waals surface area contributed by atoms with E-state index in [1.54, 1.807) is 30.5 Å². The zero-order chi connectivity index (χ0) is 18.6. The topological polar surface area (TPSA) is 56.2 Å². The summed E-state index contributed by atoms with van der Waals surface area (Å²) >= 11 is 0. The number of amides is 1. The van der Waals surface area contributed by atoms with Crippen LogP contribution in [0, 0.1) is 0 Å². The Morgan fingerprint density at radius 2 is 1.81 bits per heavy atom. The zero-order valence-electron chi connectivity index (χ0n) is 14.9. The molecule has 0 radical (unpaired) electrons. The highest BCUT2D eigenvalue weighted by atomic mass is 16.5. The highest BCUT2D eigenvalue weighted by Gasteiger charge is 2.09. The van der Waals surface area contributed by atoms with Crippen LogP contribution < -0.4 is 10.1 Å². The number of carbonyl (C=O) groups excluding carboxylic acids is 1. The summed E-state index contributed by atoms with van der Waals surface area (Å²) in [6, 6.07) is 20.9. The number of aromatic nitrogens is 2. The Hall–Kier alpha value is -3.60. The molecule has 0 fully saturated rings. The van der Waals surface area contributed by atoms with Crippen LogP contribution >= 0.6 is 0 Å². The van der Waals surface area contributed by atoms with E-state index in [2.05, 4.69) is 10.3 Å². The molecular weight excluding hydrogens is 338 g/mol. The molecule has 134 valence electrons. The minimum absolute atomic E-state index is 0.151. The molecule has 5 heteroatoms. The van der Waals surface area contributed by atoms with Gasteiger partial charge in [0.05, 0.1) is 0 Å². The maximum atomic E-state index is 12.6. The van der Waals surface area contributed by atoms with Crippen molar-refractivity contribution in [3.05, 3.63) is 90.5 Å². The molecular formula is C22H19N3O2. The molecule has 0 unspecified atom stereocenters. The highest BCUT2D eigenvalue weighted by molar-refractivity contribution is 6.09. The molecule has 5 nitrogen and oxygen atoms in total. The summed E-state index contributed by atoms with van der Waals surface area (Å²) in [4.78, 5) is 16.8. The first-order chi connectivity index (χ1) is 13.2. The van der Waals surface area contributed by atoms with Gasteiger partial charge in [-0.15, -0.1) is 0 Å². The molecule has 1 aromatic heterocycles. The van der Waals surface area contributed by atoms with Crippen molar-refractivity contribution in [3.8, 4) is 5.75 Å². The van der Waals surface area contributed by atoms with E-state index in [1.807, 2.05) is 60.3 Å². The van der Waals surface area contributed by atoms with Crippen LogP contribution in [0.1, 0.15) is 16.2 Å². The van der Waals surface area contributed by atoms with E-state index < -0.39 is 0 Å². The molecule has 0 atom stereocenters. The van der Waals surface area contributed by atoms with E-state index in [9.17, 15) is 4.79 Å². The molecule has 0 saturated heterocycles. The van der Waals surface area contributed by atoms with Gasteiger partial charge in [0.15, 0.2) is 0 Å². The summed E-state index contributed by atoms with van der Waals surface area (Å²) in [6.45, 7) is 0.380. The number of benzene rings is 3. The van der Waals surface area contributed by atoms with E-state index in [4.69, 9.17) is 4.74 Å². The van der Waals surface area contributed by atoms with Gasteiger partial charge in [-0.25, -0.2) is 4.98 Å². The van der Waals surface area contributed by atoms with Gasteiger partial charge < -0.3 is 14.6 Å². The van der Waals surface area contributed by atoms with E-state index in [0.717, 1.165) is 22.3 Å². The van der Waals surface area contributed by atoms with Gasteiger partial charge in [0.1, 0.15) is 18.2 Å². The smallest absolute Gasteiger partial charge is 0.255 e. The van der Waals surface area contributed by atoms with E-state index in [0.29, 0.717) is 17.9 Å². The maximum absolute atomic E-state index is 12.6. The minimum atomic E-state index is -0.151. The fraction of sp³-hybridized carbons (Fsp3) is 0.0909. The van der Waals surface area contributed by atoms with Crippen LogP contribution in [0.15, 0.2) is 79.1 Å². The number of rotatable bonds is 5. The number of anilines is 1. The predicted octanol–water partition coefficient (Wildman–Crippen LogP) is 4.40. The lowest BCUT2D eigenvalue weighted by atomic mass is 10.1. The van der Waals surface area contributed by atoms with Crippen molar-refractivity contribution in [1.82, 2.24) is 9.55 Å². The Morgan fingerprint density at radius 1 is 1.04 bits per heavy atom. The highest BCUT2D eigenvalue weighted by Crippen LogP contribution is 2.24. The van der Waals surface area contributed by atoms with Crippen LogP contribution in [0.25, 0.3) is 10.8 Å². The van der Waals surface area contributed by atoms with Gasteiger partial charge in [0, 0.05) is 36.1 Å². The Kier molecular flexibility index (Phi) is 4.58. The molecule has 4 aromatic rings. The van der Waals surface area contributed by atoms with Crippen molar-refractivity contribution in [3.63, 3.8) is 0 Å². The standard InChI is InChI=1S/C22H19N3O2/c1-25-14-13-23-21(25)15-27-18-11-9-17(10-12-18)22(26)24-20-8-4-6-16-5-2-3-7-19(16)20/h2-14H,15H2,1H3,(H,24,26). The Balaban J connectivity index is 1.45. The molecule has 0 aliphatic carbocycles. The summed E-state index contributed by atoms with van der Waals surface area (Å²) in [5.74, 6) is 1.38. The van der Waals surface area contributed by atoms with Crippen molar-refractivity contribution in [2.24, 2.45) is 7.05 Å². The van der Waals surface area contributed by atoms with Crippen LogP contribution in [0.2, 0.25) is 0 Å². The third kappa shape index (κ3) is 3.67. The van der Waals surface area contributed by atoms with Crippen LogP contribution in [0.5, 0.6) is 5.75 Å². The number of hydrogen-bond donors (Lipinski definition) is 1. The normalized spacial score (nSPS) is 10.7. The number of aryl methyl sites for hydroxylation is 1. The first-order valence-electron chi connectivity index (χ1n) is 8.69. The SMILES string of the molecule is Cn1ccnc1COc1ccc(C(=O)Nc2cccc3ccccc23)cc1. The number of carbonyl (C=O) groups is 1. The van der Waals surface area contributed by atoms with Crippen LogP contribution in [0.4, 0.5) is 5.69 Å². The molecule has 0 aliphatic heterocycles. The van der Waals surface area contributed by atoms with Crippen molar-refractivity contribution in [1.29, 1.82) is 0 Å². The second kappa shape index (κ2) is 7.33. The average Bonchev–Trinajstić information content (AvgIpc) is 3.12. The molecule has 1 amide bonds. The molecule has 0 saturated carbocycles.